The molecule has 1 aromatic heterocycles. The molecule has 3 rings (SSSR count). The van der Waals surface area contributed by atoms with Gasteiger partial charge in [-0.05, 0) is 6.92 Å². The van der Waals surface area contributed by atoms with Gasteiger partial charge in [-0.3, -0.25) is 19.2 Å². The summed E-state index contributed by atoms with van der Waals surface area (Å²) in [5.74, 6) is -0.314. The first-order chi connectivity index (χ1) is 15.5. The number of rotatable bonds is 9. The molecule has 13 nitrogen and oxygen atoms in total. The number of aromatic nitrogens is 2. The Labute approximate surface area is 188 Å². The van der Waals surface area contributed by atoms with E-state index in [1.165, 1.54) is 12.3 Å². The number of hydrogen-bond donors (Lipinski definition) is 3. The number of nitrogens with zero attached hydrogens (tertiary/aromatic N) is 3. The van der Waals surface area contributed by atoms with E-state index in [2.05, 4.69) is 9.51 Å². The zero-order valence-corrected chi connectivity index (χ0v) is 18.7. The molecule has 1 aliphatic heterocycles. The fourth-order valence-corrected chi connectivity index (χ4v) is 4.17. The standard InChI is InChI=1S/C19H24N3O10P/c1-11-8-21(17-7-15(16(9-23)31-17)32-33(27,28)29)19(24)20-18(11)30-10-12(2)13-5-3-4-6-14(13)22(25)26/h3-6,8,12,15-17,23H,7,9-10H2,1-2H3,(H2,27,28,29)/t12?,15-,16+,17+/m0/s1. The molecule has 2 heterocycles. The van der Waals surface area contributed by atoms with Crippen molar-refractivity contribution >= 4 is 13.5 Å². The van der Waals surface area contributed by atoms with Crippen LogP contribution in [0.5, 0.6) is 5.88 Å². The number of hydrogen-bond acceptors (Lipinski definition) is 9. The summed E-state index contributed by atoms with van der Waals surface area (Å²) in [5, 5.41) is 20.6. The molecule has 1 fully saturated rings. The van der Waals surface area contributed by atoms with Gasteiger partial charge in [0.25, 0.3) is 5.69 Å². The molecule has 0 saturated carbocycles. The van der Waals surface area contributed by atoms with Crippen LogP contribution in [0.25, 0.3) is 0 Å². The molecule has 0 radical (unpaired) electrons. The van der Waals surface area contributed by atoms with E-state index >= 15 is 0 Å². The number of para-hydroxylation sites is 1. The van der Waals surface area contributed by atoms with Gasteiger partial charge in [0.2, 0.25) is 5.88 Å². The van der Waals surface area contributed by atoms with Gasteiger partial charge in [-0.1, -0.05) is 25.1 Å². The van der Waals surface area contributed by atoms with Gasteiger partial charge < -0.3 is 24.4 Å². The van der Waals surface area contributed by atoms with Gasteiger partial charge in [-0.15, -0.1) is 0 Å². The number of phosphoric acid groups is 1. The minimum atomic E-state index is -4.82. The Hall–Kier alpha value is -2.67. The highest BCUT2D eigenvalue weighted by molar-refractivity contribution is 7.46. The molecular weight excluding hydrogens is 461 g/mol. The van der Waals surface area contributed by atoms with E-state index in [0.29, 0.717) is 11.1 Å². The summed E-state index contributed by atoms with van der Waals surface area (Å²) in [6.45, 7) is 2.86. The maximum Gasteiger partial charge on any atom is 0.469 e. The van der Waals surface area contributed by atoms with Crippen molar-refractivity contribution in [2.24, 2.45) is 0 Å². The van der Waals surface area contributed by atoms with Crippen LogP contribution in [0.2, 0.25) is 0 Å². The maximum atomic E-state index is 12.6. The number of phosphoric ester groups is 1. The Balaban J connectivity index is 1.74. The third kappa shape index (κ3) is 6.02. The third-order valence-corrected chi connectivity index (χ3v) is 5.71. The highest BCUT2D eigenvalue weighted by Crippen LogP contribution is 2.43. The third-order valence-electron chi connectivity index (χ3n) is 5.17. The van der Waals surface area contributed by atoms with E-state index < -0.39 is 43.5 Å². The number of nitro benzene ring substituents is 1. The predicted octanol–water partition coefficient (Wildman–Crippen LogP) is 1.40. The SMILES string of the molecule is Cc1cn([C@H]2C[C@H](OP(=O)(O)O)[C@@H](CO)O2)c(=O)nc1OCC(C)c1ccccc1[N+](=O)[O-]. The Morgan fingerprint density at radius 2 is 2.09 bits per heavy atom. The summed E-state index contributed by atoms with van der Waals surface area (Å²) in [6.07, 6.45) is -1.79. The average molecular weight is 485 g/mol. The zero-order valence-electron chi connectivity index (χ0n) is 17.8. The summed E-state index contributed by atoms with van der Waals surface area (Å²) in [7, 11) is -4.82. The summed E-state index contributed by atoms with van der Waals surface area (Å²) in [6, 6.07) is 6.30. The molecule has 180 valence electrons. The van der Waals surface area contributed by atoms with E-state index in [1.807, 2.05) is 0 Å². The first-order valence-electron chi connectivity index (χ1n) is 9.96. The molecule has 0 spiro atoms. The van der Waals surface area contributed by atoms with Crippen LogP contribution in [-0.2, 0) is 13.8 Å². The van der Waals surface area contributed by atoms with Gasteiger partial charge in [-0.2, -0.15) is 4.98 Å². The molecule has 4 atom stereocenters. The molecule has 1 saturated heterocycles. The fourth-order valence-electron chi connectivity index (χ4n) is 3.59. The normalized spacial score (nSPS) is 21.7. The molecule has 1 aliphatic rings. The Kier molecular flexibility index (Phi) is 7.62. The van der Waals surface area contributed by atoms with Crippen LogP contribution in [0.15, 0.2) is 35.3 Å². The molecule has 0 amide bonds. The summed E-state index contributed by atoms with van der Waals surface area (Å²) < 4.78 is 28.1. The van der Waals surface area contributed by atoms with Gasteiger partial charge >= 0.3 is 13.5 Å². The molecule has 0 aliphatic carbocycles. The number of aryl methyl sites for hydroxylation is 1. The highest BCUT2D eigenvalue weighted by atomic mass is 31.2. The first kappa shape index (κ1) is 25.0. The maximum absolute atomic E-state index is 12.6. The van der Waals surface area contributed by atoms with Crippen molar-refractivity contribution in [2.75, 3.05) is 13.2 Å². The van der Waals surface area contributed by atoms with Crippen molar-refractivity contribution in [3.63, 3.8) is 0 Å². The minimum absolute atomic E-state index is 0.0300. The lowest BCUT2D eigenvalue weighted by molar-refractivity contribution is -0.385. The lowest BCUT2D eigenvalue weighted by Gasteiger charge is -2.17. The van der Waals surface area contributed by atoms with Gasteiger partial charge in [0.1, 0.15) is 18.4 Å². The molecule has 0 bridgehead atoms. The molecular formula is C19H24N3O10P. The van der Waals surface area contributed by atoms with Crippen molar-refractivity contribution < 1.29 is 38.4 Å². The van der Waals surface area contributed by atoms with Crippen LogP contribution in [-0.4, -0.2) is 54.8 Å². The Bertz CT molecular complexity index is 1120. The zero-order chi connectivity index (χ0) is 24.3. The predicted molar refractivity (Wildman–Crippen MR) is 113 cm³/mol. The quantitative estimate of drug-likeness (QED) is 0.265. The van der Waals surface area contributed by atoms with E-state index in [0.717, 1.165) is 4.57 Å². The van der Waals surface area contributed by atoms with Crippen molar-refractivity contribution in [2.45, 2.75) is 44.6 Å². The number of benzene rings is 1. The van der Waals surface area contributed by atoms with Gasteiger partial charge in [-0.25, -0.2) is 9.36 Å². The first-order valence-corrected chi connectivity index (χ1v) is 11.5. The number of aliphatic hydroxyl groups is 1. The Morgan fingerprint density at radius 3 is 2.73 bits per heavy atom. The van der Waals surface area contributed by atoms with Crippen molar-refractivity contribution in [1.29, 1.82) is 0 Å². The van der Waals surface area contributed by atoms with Gasteiger partial charge in [0, 0.05) is 35.7 Å². The fraction of sp³-hybridized carbons (Fsp3) is 0.474. The molecule has 14 heteroatoms. The van der Waals surface area contributed by atoms with E-state index in [1.54, 1.807) is 32.0 Å². The van der Waals surface area contributed by atoms with Gasteiger partial charge in [0.05, 0.1) is 18.1 Å². The monoisotopic (exact) mass is 485 g/mol. The minimum Gasteiger partial charge on any atom is -0.477 e. The van der Waals surface area contributed by atoms with Crippen LogP contribution in [0, 0.1) is 17.0 Å². The van der Waals surface area contributed by atoms with Crippen LogP contribution in [0.1, 0.15) is 36.6 Å². The lowest BCUT2D eigenvalue weighted by atomic mass is 10.0. The highest BCUT2D eigenvalue weighted by Gasteiger charge is 2.40. The molecule has 33 heavy (non-hydrogen) atoms. The van der Waals surface area contributed by atoms with Crippen LogP contribution in [0.4, 0.5) is 5.69 Å². The topological polar surface area (TPSA) is 183 Å². The largest absolute Gasteiger partial charge is 0.477 e. The molecule has 2 aromatic rings. The van der Waals surface area contributed by atoms with Crippen molar-refractivity contribution in [3.05, 3.63) is 62.2 Å². The van der Waals surface area contributed by atoms with Crippen LogP contribution < -0.4 is 10.4 Å². The van der Waals surface area contributed by atoms with Crippen molar-refractivity contribution in [1.82, 2.24) is 9.55 Å². The van der Waals surface area contributed by atoms with E-state index in [-0.39, 0.29) is 30.5 Å². The average Bonchev–Trinajstić information content (AvgIpc) is 3.14. The number of aliphatic hydroxyl groups excluding tert-OH is 1. The molecule has 3 N–H and O–H groups in total. The lowest BCUT2D eigenvalue weighted by Crippen LogP contribution is -2.28. The summed E-state index contributed by atoms with van der Waals surface area (Å²) in [4.78, 5) is 45.3. The molecule has 1 aromatic carbocycles. The number of nitro groups is 1. The van der Waals surface area contributed by atoms with Crippen LogP contribution in [0.3, 0.4) is 0 Å². The second-order valence-electron chi connectivity index (χ2n) is 7.63. The van der Waals surface area contributed by atoms with E-state index in [4.69, 9.17) is 19.3 Å². The Morgan fingerprint density at radius 1 is 1.39 bits per heavy atom. The smallest absolute Gasteiger partial charge is 0.469 e. The second-order valence-corrected chi connectivity index (χ2v) is 8.82. The van der Waals surface area contributed by atoms with Crippen LogP contribution >= 0.6 is 7.82 Å². The van der Waals surface area contributed by atoms with Gasteiger partial charge in [0.15, 0.2) is 0 Å². The van der Waals surface area contributed by atoms with Crippen molar-refractivity contribution in [3.8, 4) is 5.88 Å². The number of ether oxygens (including phenoxy) is 2. The second kappa shape index (κ2) is 10.1. The summed E-state index contributed by atoms with van der Waals surface area (Å²) >= 11 is 0. The molecule has 1 unspecified atom stereocenters. The van der Waals surface area contributed by atoms with E-state index in [9.17, 15) is 24.6 Å². The summed E-state index contributed by atoms with van der Waals surface area (Å²) in [5.41, 5.74) is 0.178.